The van der Waals surface area contributed by atoms with Crippen LogP contribution in [0.5, 0.6) is 0 Å². The van der Waals surface area contributed by atoms with Crippen molar-refractivity contribution in [1.82, 2.24) is 13.7 Å². The molecule has 0 saturated carbocycles. The van der Waals surface area contributed by atoms with Gasteiger partial charge in [0.15, 0.2) is 0 Å². The first kappa shape index (κ1) is 43.4. The van der Waals surface area contributed by atoms with Crippen LogP contribution in [0.3, 0.4) is 0 Å². The summed E-state index contributed by atoms with van der Waals surface area (Å²) in [7, 11) is 0. The van der Waals surface area contributed by atoms with Gasteiger partial charge in [-0.25, -0.2) is 0 Å². The van der Waals surface area contributed by atoms with E-state index in [1.807, 2.05) is 0 Å². The summed E-state index contributed by atoms with van der Waals surface area (Å²) in [6, 6.07) is 107. The van der Waals surface area contributed by atoms with E-state index in [4.69, 9.17) is 0 Å². The Labute approximate surface area is 440 Å². The van der Waals surface area contributed by atoms with Crippen molar-refractivity contribution in [3.8, 4) is 50.8 Å². The van der Waals surface area contributed by atoms with E-state index in [2.05, 4.69) is 310 Å². The highest BCUT2D eigenvalue weighted by atomic mass is 15.2. The van der Waals surface area contributed by atoms with Crippen LogP contribution in [0.25, 0.3) is 116 Å². The lowest BCUT2D eigenvalue weighted by Gasteiger charge is -2.32. The van der Waals surface area contributed by atoms with E-state index in [0.717, 1.165) is 101 Å². The Morgan fingerprint density at radius 2 is 0.553 bits per heavy atom. The van der Waals surface area contributed by atoms with E-state index in [0.29, 0.717) is 0 Å². The third-order valence-electron chi connectivity index (χ3n) is 15.3. The molecule has 12 aromatic carbocycles. The van der Waals surface area contributed by atoms with Gasteiger partial charge in [-0.1, -0.05) is 200 Å². The zero-order valence-electron chi connectivity index (χ0n) is 41.5. The number of anilines is 3. The van der Waals surface area contributed by atoms with Crippen LogP contribution in [0, 0.1) is 0 Å². The summed E-state index contributed by atoms with van der Waals surface area (Å²) in [5, 5.41) is 10.7. The Balaban J connectivity index is 1.17. The first-order valence-electron chi connectivity index (χ1n) is 26.1. The van der Waals surface area contributed by atoms with Crippen molar-refractivity contribution in [2.24, 2.45) is 0 Å². The summed E-state index contributed by atoms with van der Waals surface area (Å²) >= 11 is 0. The molecule has 0 aliphatic heterocycles. The smallest absolute Gasteiger partial charge is 0.0968 e. The molecular formula is C72H48N4. The molecule has 0 fully saturated rings. The number of rotatable bonds is 9. The highest BCUT2D eigenvalue weighted by molar-refractivity contribution is 6.02. The van der Waals surface area contributed by atoms with Gasteiger partial charge in [0.1, 0.15) is 0 Å². The molecule has 0 aliphatic carbocycles. The van der Waals surface area contributed by atoms with Gasteiger partial charge in [-0.05, 0) is 140 Å². The fourth-order valence-electron chi connectivity index (χ4n) is 11.8. The predicted molar refractivity (Wildman–Crippen MR) is 320 cm³/mol. The second-order valence-electron chi connectivity index (χ2n) is 19.8. The molecule has 4 heteroatoms. The Morgan fingerprint density at radius 3 is 0.974 bits per heavy atom. The van der Waals surface area contributed by atoms with Gasteiger partial charge in [-0.15, -0.1) is 0 Å². The lowest BCUT2D eigenvalue weighted by molar-refractivity contribution is 1.01. The molecule has 0 unspecified atom stereocenters. The topological polar surface area (TPSA) is 18.0 Å². The van der Waals surface area contributed by atoms with Gasteiger partial charge in [-0.2, -0.15) is 0 Å². The molecule has 356 valence electrons. The second-order valence-corrected chi connectivity index (χ2v) is 19.8. The molecule has 15 aromatic rings. The van der Waals surface area contributed by atoms with E-state index >= 15 is 0 Å². The molecule has 4 nitrogen and oxygen atoms in total. The standard InChI is InChI=1S/C72H48N4/c1-3-28-61(29-4-1)73(62-30-5-2-6-31-62)66-41-42-67(74-63-32-16-13-25-55(63)46-68(74)58-38-35-49-19-7-10-22-52(49)43-58)72(76-65-34-18-15-27-57(65)48-70(76)60-40-37-51-21-9-12-24-54(51)45-60)71(66)75-64-33-17-14-26-56(64)47-69(75)59-39-36-50-20-8-11-23-53(50)44-59/h1-48H. The minimum Gasteiger partial charge on any atom is -0.308 e. The molecule has 0 atom stereocenters. The third kappa shape index (κ3) is 7.14. The maximum Gasteiger partial charge on any atom is 0.0968 e. The van der Waals surface area contributed by atoms with Crippen molar-refractivity contribution in [3.63, 3.8) is 0 Å². The Kier molecular flexibility index (Phi) is 10.2. The highest BCUT2D eigenvalue weighted by Crippen LogP contribution is 2.49. The fourth-order valence-corrected chi connectivity index (χ4v) is 11.8. The minimum atomic E-state index is 1.02. The van der Waals surface area contributed by atoms with Gasteiger partial charge in [0, 0.05) is 27.5 Å². The van der Waals surface area contributed by atoms with Crippen LogP contribution in [0.4, 0.5) is 17.1 Å². The monoisotopic (exact) mass is 968 g/mol. The van der Waals surface area contributed by atoms with Gasteiger partial charge >= 0.3 is 0 Å². The molecule has 76 heavy (non-hydrogen) atoms. The van der Waals surface area contributed by atoms with Crippen molar-refractivity contribution in [2.45, 2.75) is 0 Å². The summed E-state index contributed by atoms with van der Waals surface area (Å²) in [5.41, 5.74) is 16.2. The van der Waals surface area contributed by atoms with Gasteiger partial charge < -0.3 is 18.6 Å². The van der Waals surface area contributed by atoms with E-state index in [1.165, 1.54) is 32.3 Å². The molecule has 0 aliphatic rings. The van der Waals surface area contributed by atoms with Gasteiger partial charge in [0.05, 0.1) is 56.4 Å². The van der Waals surface area contributed by atoms with Crippen LogP contribution in [-0.4, -0.2) is 13.7 Å². The van der Waals surface area contributed by atoms with Crippen LogP contribution >= 0.6 is 0 Å². The first-order valence-corrected chi connectivity index (χ1v) is 26.1. The van der Waals surface area contributed by atoms with Crippen molar-refractivity contribution in [2.75, 3.05) is 4.90 Å². The largest absolute Gasteiger partial charge is 0.308 e. The molecule has 0 amide bonds. The van der Waals surface area contributed by atoms with Crippen molar-refractivity contribution in [1.29, 1.82) is 0 Å². The van der Waals surface area contributed by atoms with E-state index < -0.39 is 0 Å². The molecule has 0 saturated heterocycles. The molecule has 0 radical (unpaired) electrons. The summed E-state index contributed by atoms with van der Waals surface area (Å²) in [6.07, 6.45) is 0. The lowest BCUT2D eigenvalue weighted by atomic mass is 10.0. The summed E-state index contributed by atoms with van der Waals surface area (Å²) in [6.45, 7) is 0. The lowest BCUT2D eigenvalue weighted by Crippen LogP contribution is -2.18. The zero-order chi connectivity index (χ0) is 50.1. The first-order chi connectivity index (χ1) is 37.7. The molecule has 0 N–H and O–H groups in total. The number of para-hydroxylation sites is 5. The summed E-state index contributed by atoms with van der Waals surface area (Å²) in [5.74, 6) is 0. The average Bonchev–Trinajstić information content (AvgIpc) is 4.22. The van der Waals surface area contributed by atoms with Gasteiger partial charge in [-0.3, -0.25) is 0 Å². The maximum absolute atomic E-state index is 2.57. The van der Waals surface area contributed by atoms with Crippen LogP contribution in [0.1, 0.15) is 0 Å². The van der Waals surface area contributed by atoms with Crippen molar-refractivity contribution < 1.29 is 0 Å². The summed E-state index contributed by atoms with van der Waals surface area (Å²) in [4.78, 5) is 2.45. The van der Waals surface area contributed by atoms with Crippen LogP contribution in [-0.2, 0) is 0 Å². The van der Waals surface area contributed by atoms with E-state index in [9.17, 15) is 0 Å². The third-order valence-corrected chi connectivity index (χ3v) is 15.3. The summed E-state index contributed by atoms with van der Waals surface area (Å²) < 4.78 is 7.66. The van der Waals surface area contributed by atoms with Crippen LogP contribution < -0.4 is 4.90 Å². The van der Waals surface area contributed by atoms with Crippen LogP contribution in [0.2, 0.25) is 0 Å². The second kappa shape index (κ2) is 17.8. The highest BCUT2D eigenvalue weighted by Gasteiger charge is 2.31. The normalized spacial score (nSPS) is 11.7. The number of aromatic nitrogens is 3. The molecule has 3 aromatic heterocycles. The Morgan fingerprint density at radius 1 is 0.224 bits per heavy atom. The zero-order valence-corrected chi connectivity index (χ0v) is 41.5. The number of hydrogen-bond donors (Lipinski definition) is 0. The van der Waals surface area contributed by atoms with Crippen molar-refractivity contribution in [3.05, 3.63) is 291 Å². The molecular weight excluding hydrogens is 921 g/mol. The number of fused-ring (bicyclic) bond motifs is 6. The predicted octanol–water partition coefficient (Wildman–Crippen LogP) is 19.4. The van der Waals surface area contributed by atoms with Crippen molar-refractivity contribution >= 4 is 82.1 Å². The molecule has 3 heterocycles. The molecule has 0 bridgehead atoms. The Hall–Kier alpha value is -10.2. The van der Waals surface area contributed by atoms with Crippen LogP contribution in [0.15, 0.2) is 291 Å². The minimum absolute atomic E-state index is 1.02. The average molecular weight is 969 g/mol. The van der Waals surface area contributed by atoms with Gasteiger partial charge in [0.2, 0.25) is 0 Å². The van der Waals surface area contributed by atoms with E-state index in [-0.39, 0.29) is 0 Å². The number of hydrogen-bond acceptors (Lipinski definition) is 1. The maximum atomic E-state index is 2.57. The fraction of sp³-hybridized carbons (Fsp3) is 0. The van der Waals surface area contributed by atoms with Gasteiger partial charge in [0.25, 0.3) is 0 Å². The SMILES string of the molecule is c1ccc(N(c2ccccc2)c2ccc(-n3c(-c4ccc5ccccc5c4)cc4ccccc43)c(-n3c(-c4ccc5ccccc5c4)cc4ccccc43)c2-n2c(-c3ccc4ccccc4c3)cc3ccccc32)cc1. The molecule has 15 rings (SSSR count). The number of benzene rings is 12. The molecule has 0 spiro atoms. The number of nitrogens with zero attached hydrogens (tertiary/aromatic N) is 4. The van der Waals surface area contributed by atoms with E-state index in [1.54, 1.807) is 0 Å². The quantitative estimate of drug-likeness (QED) is 0.141. The Bertz CT molecular complexity index is 4670.